The second-order valence-corrected chi connectivity index (χ2v) is 8.66. The van der Waals surface area contributed by atoms with Crippen molar-refractivity contribution >= 4 is 32.5 Å². The maximum Gasteiger partial charge on any atom is 0.270 e. The summed E-state index contributed by atoms with van der Waals surface area (Å²) in [5.41, 5.74) is 1.04. The van der Waals surface area contributed by atoms with E-state index in [0.29, 0.717) is 5.69 Å². The monoisotopic (exact) mass is 414 g/mol. The highest BCUT2D eigenvalue weighted by molar-refractivity contribution is 7.89. The van der Waals surface area contributed by atoms with Gasteiger partial charge in [-0.1, -0.05) is 24.3 Å². The molecule has 2 aromatic carbocycles. The molecule has 0 saturated carbocycles. The normalized spacial score (nSPS) is 15.5. The number of sulfonamides is 1. The van der Waals surface area contributed by atoms with E-state index in [1.807, 2.05) is 24.3 Å². The van der Waals surface area contributed by atoms with Gasteiger partial charge in [0.1, 0.15) is 5.69 Å². The molecule has 1 aliphatic rings. The number of nitro groups is 1. The third kappa shape index (κ3) is 3.59. The molecular formula is C19H18N4O5S. The van der Waals surface area contributed by atoms with Crippen LogP contribution in [0.5, 0.6) is 0 Å². The first-order valence-corrected chi connectivity index (χ1v) is 10.4. The molecule has 1 aromatic heterocycles. The molecule has 2 heterocycles. The summed E-state index contributed by atoms with van der Waals surface area (Å²) in [7, 11) is -3.87. The number of nitrogens with one attached hydrogen (secondary N) is 1. The number of piperazine rings is 1. The molecule has 1 amide bonds. The lowest BCUT2D eigenvalue weighted by Crippen LogP contribution is -2.50. The highest BCUT2D eigenvalue weighted by Gasteiger charge is 2.31. The van der Waals surface area contributed by atoms with Crippen molar-refractivity contribution in [3.63, 3.8) is 0 Å². The first-order chi connectivity index (χ1) is 13.9. The van der Waals surface area contributed by atoms with Crippen LogP contribution < -0.4 is 0 Å². The standard InChI is InChI=1S/C19H18N4O5S/c24-19(18-12-14-4-1-2-7-17(14)20-18)21-8-10-22(11-9-21)29(27,28)16-6-3-5-15(13-16)23(25)26/h1-7,12-13,20H,8-11H2. The van der Waals surface area contributed by atoms with Crippen molar-refractivity contribution in [2.45, 2.75) is 4.90 Å². The number of non-ortho nitro benzene ring substituents is 1. The number of hydrogen-bond donors (Lipinski definition) is 1. The molecule has 0 radical (unpaired) electrons. The number of nitrogens with zero attached hydrogens (tertiary/aromatic N) is 3. The first kappa shape index (κ1) is 19.1. The van der Waals surface area contributed by atoms with Crippen molar-refractivity contribution in [2.24, 2.45) is 0 Å². The van der Waals surface area contributed by atoms with Gasteiger partial charge in [0, 0.05) is 49.2 Å². The quantitative estimate of drug-likeness (QED) is 0.519. The molecule has 0 aliphatic carbocycles. The smallest absolute Gasteiger partial charge is 0.270 e. The summed E-state index contributed by atoms with van der Waals surface area (Å²) >= 11 is 0. The molecule has 1 N–H and O–H groups in total. The fourth-order valence-electron chi connectivity index (χ4n) is 3.40. The number of para-hydroxylation sites is 1. The summed E-state index contributed by atoms with van der Waals surface area (Å²) in [6.07, 6.45) is 0. The molecule has 4 rings (SSSR count). The van der Waals surface area contributed by atoms with Gasteiger partial charge in [0.05, 0.1) is 9.82 Å². The Morgan fingerprint density at radius 1 is 1.00 bits per heavy atom. The van der Waals surface area contributed by atoms with Crippen LogP contribution >= 0.6 is 0 Å². The van der Waals surface area contributed by atoms with E-state index in [1.54, 1.807) is 11.0 Å². The molecule has 3 aromatic rings. The Bertz CT molecular complexity index is 1160. The predicted molar refractivity (Wildman–Crippen MR) is 106 cm³/mol. The van der Waals surface area contributed by atoms with E-state index in [2.05, 4.69) is 4.98 Å². The molecule has 9 nitrogen and oxygen atoms in total. The van der Waals surface area contributed by atoms with Crippen molar-refractivity contribution in [1.82, 2.24) is 14.2 Å². The third-order valence-electron chi connectivity index (χ3n) is 4.95. The fraction of sp³-hybridized carbons (Fsp3) is 0.211. The van der Waals surface area contributed by atoms with E-state index in [1.165, 1.54) is 22.5 Å². The minimum atomic E-state index is -3.87. The molecule has 10 heteroatoms. The van der Waals surface area contributed by atoms with Crippen LogP contribution in [-0.4, -0.2) is 59.6 Å². The van der Waals surface area contributed by atoms with Gasteiger partial charge in [-0.2, -0.15) is 4.31 Å². The number of rotatable bonds is 4. The van der Waals surface area contributed by atoms with Crippen LogP contribution in [0.25, 0.3) is 10.9 Å². The zero-order valence-electron chi connectivity index (χ0n) is 15.3. The molecule has 1 aliphatic heterocycles. The third-order valence-corrected chi connectivity index (χ3v) is 6.85. The first-order valence-electron chi connectivity index (χ1n) is 8.98. The van der Waals surface area contributed by atoms with Crippen LogP contribution in [0.3, 0.4) is 0 Å². The number of carbonyl (C=O) groups excluding carboxylic acids is 1. The van der Waals surface area contributed by atoms with Crippen molar-refractivity contribution in [1.29, 1.82) is 0 Å². The molecule has 0 unspecified atom stereocenters. The van der Waals surface area contributed by atoms with E-state index in [4.69, 9.17) is 0 Å². The Balaban J connectivity index is 1.48. The predicted octanol–water partition coefficient (Wildman–Crippen LogP) is 2.22. The van der Waals surface area contributed by atoms with Crippen molar-refractivity contribution < 1.29 is 18.1 Å². The Hall–Kier alpha value is -3.24. The summed E-state index contributed by atoms with van der Waals surface area (Å²) < 4.78 is 26.9. The van der Waals surface area contributed by atoms with Gasteiger partial charge in [-0.05, 0) is 18.2 Å². The molecule has 0 bridgehead atoms. The van der Waals surface area contributed by atoms with Gasteiger partial charge in [-0.15, -0.1) is 0 Å². The van der Waals surface area contributed by atoms with Gasteiger partial charge in [-0.25, -0.2) is 8.42 Å². The molecule has 0 atom stereocenters. The number of amides is 1. The van der Waals surface area contributed by atoms with Gasteiger partial charge in [0.25, 0.3) is 11.6 Å². The molecule has 0 spiro atoms. The zero-order chi connectivity index (χ0) is 20.6. The van der Waals surface area contributed by atoms with Crippen molar-refractivity contribution in [3.05, 3.63) is 70.4 Å². The van der Waals surface area contributed by atoms with Crippen LogP contribution in [-0.2, 0) is 10.0 Å². The minimum absolute atomic E-state index is 0.122. The number of nitro benzene ring substituents is 1. The van der Waals surface area contributed by atoms with Crippen LogP contribution in [0.4, 0.5) is 5.69 Å². The molecule has 29 heavy (non-hydrogen) atoms. The van der Waals surface area contributed by atoms with Gasteiger partial charge < -0.3 is 9.88 Å². The molecule has 150 valence electrons. The number of carbonyl (C=O) groups is 1. The van der Waals surface area contributed by atoms with E-state index < -0.39 is 14.9 Å². The largest absolute Gasteiger partial charge is 0.351 e. The van der Waals surface area contributed by atoms with Crippen molar-refractivity contribution in [2.75, 3.05) is 26.2 Å². The van der Waals surface area contributed by atoms with Crippen LogP contribution in [0.15, 0.2) is 59.5 Å². The summed E-state index contributed by atoms with van der Waals surface area (Å²) in [6.45, 7) is 0.721. The Morgan fingerprint density at radius 3 is 2.41 bits per heavy atom. The topological polar surface area (TPSA) is 117 Å². The number of hydrogen-bond acceptors (Lipinski definition) is 5. The fourth-order valence-corrected chi connectivity index (χ4v) is 4.86. The van der Waals surface area contributed by atoms with E-state index in [9.17, 15) is 23.3 Å². The van der Waals surface area contributed by atoms with Crippen LogP contribution in [0.1, 0.15) is 10.5 Å². The van der Waals surface area contributed by atoms with Gasteiger partial charge in [-0.3, -0.25) is 14.9 Å². The average molecular weight is 414 g/mol. The lowest BCUT2D eigenvalue weighted by Gasteiger charge is -2.33. The van der Waals surface area contributed by atoms with Gasteiger partial charge in [0.2, 0.25) is 10.0 Å². The summed E-state index contributed by atoms with van der Waals surface area (Å²) in [5, 5.41) is 11.9. The van der Waals surface area contributed by atoms with E-state index >= 15 is 0 Å². The Morgan fingerprint density at radius 2 is 1.72 bits per heavy atom. The maximum absolute atomic E-state index is 12.8. The molecule has 1 fully saturated rings. The number of aromatic amines is 1. The highest BCUT2D eigenvalue weighted by Crippen LogP contribution is 2.23. The van der Waals surface area contributed by atoms with Gasteiger partial charge >= 0.3 is 0 Å². The minimum Gasteiger partial charge on any atom is -0.351 e. The SMILES string of the molecule is O=C(c1cc2ccccc2[nH]1)N1CCN(S(=O)(=O)c2cccc([N+](=O)[O-])c2)CC1. The maximum atomic E-state index is 12.8. The second kappa shape index (κ2) is 7.30. The Kier molecular flexibility index (Phi) is 4.81. The number of fused-ring (bicyclic) bond motifs is 1. The lowest BCUT2D eigenvalue weighted by molar-refractivity contribution is -0.385. The van der Waals surface area contributed by atoms with Gasteiger partial charge in [0.15, 0.2) is 0 Å². The van der Waals surface area contributed by atoms with Crippen LogP contribution in [0, 0.1) is 10.1 Å². The Labute approximate surface area is 166 Å². The lowest BCUT2D eigenvalue weighted by atomic mass is 10.2. The summed E-state index contributed by atoms with van der Waals surface area (Å²) in [6, 6.07) is 14.3. The van der Waals surface area contributed by atoms with Crippen molar-refractivity contribution in [3.8, 4) is 0 Å². The molecular weight excluding hydrogens is 396 g/mol. The molecule has 1 saturated heterocycles. The number of aromatic nitrogens is 1. The zero-order valence-corrected chi connectivity index (χ0v) is 16.1. The number of H-pyrrole nitrogens is 1. The number of benzene rings is 2. The van der Waals surface area contributed by atoms with E-state index in [0.717, 1.165) is 17.0 Å². The van der Waals surface area contributed by atoms with E-state index in [-0.39, 0.29) is 42.7 Å². The average Bonchev–Trinajstić information content (AvgIpc) is 3.17. The summed E-state index contributed by atoms with van der Waals surface area (Å²) in [5.74, 6) is -0.186. The van der Waals surface area contributed by atoms with Crippen LogP contribution in [0.2, 0.25) is 0 Å². The highest BCUT2D eigenvalue weighted by atomic mass is 32.2. The second-order valence-electron chi connectivity index (χ2n) is 6.72. The summed E-state index contributed by atoms with van der Waals surface area (Å²) in [4.78, 5) is 27.6.